The number of aromatic nitrogens is 3. The maximum atomic E-state index is 12.4. The molecule has 1 aromatic carbocycles. The summed E-state index contributed by atoms with van der Waals surface area (Å²) in [6, 6.07) is 16.1. The van der Waals surface area contributed by atoms with Crippen LogP contribution in [-0.2, 0) is 11.2 Å². The summed E-state index contributed by atoms with van der Waals surface area (Å²) in [4.78, 5) is 18.2. The Morgan fingerprint density at radius 3 is 2.71 bits per heavy atom. The van der Waals surface area contributed by atoms with Gasteiger partial charge in [0.15, 0.2) is 0 Å². The Balaban J connectivity index is 1.49. The molecule has 0 radical (unpaired) electrons. The lowest BCUT2D eigenvalue weighted by Crippen LogP contribution is -2.25. The van der Waals surface area contributed by atoms with Gasteiger partial charge in [-0.1, -0.05) is 30.3 Å². The third-order valence-electron chi connectivity index (χ3n) is 4.40. The van der Waals surface area contributed by atoms with E-state index in [-0.39, 0.29) is 5.91 Å². The summed E-state index contributed by atoms with van der Waals surface area (Å²) >= 11 is 0. The normalized spacial score (nSPS) is 17.4. The molecule has 5 heteroatoms. The highest BCUT2D eigenvalue weighted by Gasteiger charge is 2.31. The molecule has 3 heterocycles. The lowest BCUT2D eigenvalue weighted by atomic mass is 9.99. The van der Waals surface area contributed by atoms with E-state index >= 15 is 0 Å². The highest BCUT2D eigenvalue weighted by Crippen LogP contribution is 2.28. The van der Waals surface area contributed by atoms with Crippen molar-refractivity contribution in [2.24, 2.45) is 5.92 Å². The zero-order valence-electron chi connectivity index (χ0n) is 13.2. The second kappa shape index (κ2) is 6.28. The first-order valence-corrected chi connectivity index (χ1v) is 8.10. The minimum atomic E-state index is 0.154. The number of pyridine rings is 1. The van der Waals surface area contributed by atoms with E-state index in [1.54, 1.807) is 12.4 Å². The molecule has 0 bridgehead atoms. The van der Waals surface area contributed by atoms with Crippen molar-refractivity contribution in [2.75, 3.05) is 11.4 Å². The van der Waals surface area contributed by atoms with Gasteiger partial charge >= 0.3 is 0 Å². The van der Waals surface area contributed by atoms with Gasteiger partial charge in [-0.15, -0.1) is 0 Å². The minimum Gasteiger partial charge on any atom is -0.297 e. The zero-order valence-corrected chi connectivity index (χ0v) is 13.2. The van der Waals surface area contributed by atoms with Crippen molar-refractivity contribution in [3.63, 3.8) is 0 Å². The number of hydrogen-bond donors (Lipinski definition) is 1. The molecule has 1 amide bonds. The summed E-state index contributed by atoms with van der Waals surface area (Å²) in [5.74, 6) is 1.26. The summed E-state index contributed by atoms with van der Waals surface area (Å²) in [7, 11) is 0. The Morgan fingerprint density at radius 2 is 1.92 bits per heavy atom. The van der Waals surface area contributed by atoms with Crippen molar-refractivity contribution in [1.29, 1.82) is 0 Å². The lowest BCUT2D eigenvalue weighted by Gasteiger charge is -2.14. The SMILES string of the molecule is O=C1CC(Cc2ccccc2)CN1c1cc(-c2ccncc2)n[nH]1. The molecule has 0 aliphatic carbocycles. The first kappa shape index (κ1) is 14.6. The molecule has 1 aliphatic rings. The number of carbonyl (C=O) groups excluding carboxylic acids is 1. The molecule has 3 aromatic rings. The number of nitrogens with one attached hydrogen (secondary N) is 1. The van der Waals surface area contributed by atoms with Gasteiger partial charge in [0.1, 0.15) is 5.82 Å². The van der Waals surface area contributed by atoms with Crippen molar-refractivity contribution in [1.82, 2.24) is 15.2 Å². The third kappa shape index (κ3) is 2.93. The number of anilines is 1. The van der Waals surface area contributed by atoms with Crippen molar-refractivity contribution >= 4 is 11.7 Å². The van der Waals surface area contributed by atoms with Crippen LogP contribution in [0, 0.1) is 5.92 Å². The Bertz CT molecular complexity index is 829. The van der Waals surface area contributed by atoms with E-state index in [1.165, 1.54) is 5.56 Å². The Hall–Kier alpha value is -2.95. The quantitative estimate of drug-likeness (QED) is 0.804. The molecule has 1 unspecified atom stereocenters. The third-order valence-corrected chi connectivity index (χ3v) is 4.40. The van der Waals surface area contributed by atoms with Crippen LogP contribution in [0.4, 0.5) is 5.82 Å². The molecular weight excluding hydrogens is 300 g/mol. The highest BCUT2D eigenvalue weighted by atomic mass is 16.2. The molecule has 1 atom stereocenters. The first-order chi connectivity index (χ1) is 11.8. The van der Waals surface area contributed by atoms with Gasteiger partial charge in [0.25, 0.3) is 0 Å². The Labute approximate surface area is 140 Å². The van der Waals surface area contributed by atoms with E-state index in [9.17, 15) is 4.79 Å². The largest absolute Gasteiger partial charge is 0.297 e. The van der Waals surface area contributed by atoms with Crippen molar-refractivity contribution in [2.45, 2.75) is 12.8 Å². The fourth-order valence-electron chi connectivity index (χ4n) is 3.22. The lowest BCUT2D eigenvalue weighted by molar-refractivity contribution is -0.117. The van der Waals surface area contributed by atoms with E-state index in [0.29, 0.717) is 12.3 Å². The highest BCUT2D eigenvalue weighted by molar-refractivity contribution is 5.95. The molecule has 4 rings (SSSR count). The number of nitrogens with zero attached hydrogens (tertiary/aromatic N) is 3. The van der Waals surface area contributed by atoms with Gasteiger partial charge in [0.2, 0.25) is 5.91 Å². The summed E-state index contributed by atoms with van der Waals surface area (Å²) < 4.78 is 0. The smallest absolute Gasteiger partial charge is 0.228 e. The van der Waals surface area contributed by atoms with Crippen LogP contribution >= 0.6 is 0 Å². The van der Waals surface area contributed by atoms with Crippen LogP contribution in [0.5, 0.6) is 0 Å². The van der Waals surface area contributed by atoms with Crippen LogP contribution in [-0.4, -0.2) is 27.6 Å². The average molecular weight is 318 g/mol. The number of benzene rings is 1. The molecule has 0 spiro atoms. The summed E-state index contributed by atoms with van der Waals surface area (Å²) in [5, 5.41) is 7.32. The molecule has 120 valence electrons. The summed E-state index contributed by atoms with van der Waals surface area (Å²) in [6.07, 6.45) is 4.98. The fourth-order valence-corrected chi connectivity index (χ4v) is 3.22. The number of aromatic amines is 1. The Kier molecular flexibility index (Phi) is 3.83. The van der Waals surface area contributed by atoms with E-state index < -0.39 is 0 Å². The van der Waals surface area contributed by atoms with E-state index in [4.69, 9.17) is 0 Å². The van der Waals surface area contributed by atoms with Crippen LogP contribution in [0.1, 0.15) is 12.0 Å². The van der Waals surface area contributed by atoms with Gasteiger partial charge in [-0.3, -0.25) is 19.8 Å². The molecule has 0 saturated carbocycles. The van der Waals surface area contributed by atoms with Crippen molar-refractivity contribution in [3.8, 4) is 11.3 Å². The molecule has 1 N–H and O–H groups in total. The second-order valence-corrected chi connectivity index (χ2v) is 6.14. The predicted octanol–water partition coefficient (Wildman–Crippen LogP) is 3.07. The second-order valence-electron chi connectivity index (χ2n) is 6.14. The van der Waals surface area contributed by atoms with Gasteiger partial charge in [0.05, 0.1) is 5.69 Å². The molecule has 2 aromatic heterocycles. The van der Waals surface area contributed by atoms with Crippen LogP contribution in [0.3, 0.4) is 0 Å². The van der Waals surface area contributed by atoms with E-state index in [2.05, 4.69) is 27.3 Å². The number of hydrogen-bond acceptors (Lipinski definition) is 3. The van der Waals surface area contributed by atoms with Crippen molar-refractivity contribution in [3.05, 3.63) is 66.5 Å². The maximum Gasteiger partial charge on any atom is 0.228 e. The number of H-pyrrole nitrogens is 1. The Morgan fingerprint density at radius 1 is 1.12 bits per heavy atom. The fraction of sp³-hybridized carbons (Fsp3) is 0.211. The van der Waals surface area contributed by atoms with Gasteiger partial charge in [-0.05, 0) is 30.0 Å². The molecule has 1 aliphatic heterocycles. The zero-order chi connectivity index (χ0) is 16.4. The van der Waals surface area contributed by atoms with Gasteiger partial charge < -0.3 is 0 Å². The first-order valence-electron chi connectivity index (χ1n) is 8.10. The summed E-state index contributed by atoms with van der Waals surface area (Å²) in [6.45, 7) is 0.728. The van der Waals surface area contributed by atoms with E-state index in [0.717, 1.165) is 30.0 Å². The molecule has 1 saturated heterocycles. The van der Waals surface area contributed by atoms with Crippen molar-refractivity contribution < 1.29 is 4.79 Å². The number of carbonyl (C=O) groups is 1. The van der Waals surface area contributed by atoms with Gasteiger partial charge in [0, 0.05) is 37.0 Å². The van der Waals surface area contributed by atoms with E-state index in [1.807, 2.05) is 41.3 Å². The monoisotopic (exact) mass is 318 g/mol. The summed E-state index contributed by atoms with van der Waals surface area (Å²) in [5.41, 5.74) is 3.09. The van der Waals surface area contributed by atoms with Gasteiger partial charge in [-0.25, -0.2) is 0 Å². The van der Waals surface area contributed by atoms with Gasteiger partial charge in [-0.2, -0.15) is 5.10 Å². The van der Waals surface area contributed by atoms with Crippen LogP contribution < -0.4 is 4.90 Å². The molecular formula is C19H18N4O. The number of amides is 1. The van der Waals surface area contributed by atoms with Crippen LogP contribution in [0.25, 0.3) is 11.3 Å². The van der Waals surface area contributed by atoms with Crippen LogP contribution in [0.2, 0.25) is 0 Å². The minimum absolute atomic E-state index is 0.154. The number of rotatable bonds is 4. The predicted molar refractivity (Wildman–Crippen MR) is 92.4 cm³/mol. The topological polar surface area (TPSA) is 61.9 Å². The molecule has 5 nitrogen and oxygen atoms in total. The molecule has 24 heavy (non-hydrogen) atoms. The average Bonchev–Trinajstić information content (AvgIpc) is 3.23. The maximum absolute atomic E-state index is 12.4. The molecule has 1 fully saturated rings. The van der Waals surface area contributed by atoms with Crippen LogP contribution in [0.15, 0.2) is 60.9 Å². The standard InChI is InChI=1S/C19H18N4O/c24-19-11-15(10-14-4-2-1-3-5-14)13-23(19)18-12-17(21-22-18)16-6-8-20-9-7-16/h1-9,12,15H,10-11,13H2,(H,21,22).